The monoisotopic (exact) mass is 242 g/mol. The number of rotatable bonds is 5. The molecule has 0 heterocycles. The maximum Gasteiger partial charge on any atom is 0.325 e. The van der Waals surface area contributed by atoms with Gasteiger partial charge in [0.25, 0.3) is 0 Å². The predicted molar refractivity (Wildman–Crippen MR) is 68.8 cm³/mol. The molecular weight excluding hydrogens is 228 g/mol. The van der Waals surface area contributed by atoms with E-state index in [-0.39, 0.29) is 12.5 Å². The molecule has 4 heteroatoms. The van der Waals surface area contributed by atoms with Crippen LogP contribution in [-0.2, 0) is 9.53 Å². The van der Waals surface area contributed by atoms with E-state index < -0.39 is 0 Å². The van der Waals surface area contributed by atoms with Crippen LogP contribution in [0.4, 0.5) is 5.69 Å². The number of ether oxygens (including phenoxy) is 1. The lowest BCUT2D eigenvalue weighted by molar-refractivity contribution is -0.141. The molecule has 4 nitrogen and oxygen atoms in total. The second-order valence-electron chi connectivity index (χ2n) is 3.52. The number of nitriles is 1. The third-order valence-electron chi connectivity index (χ3n) is 2.27. The van der Waals surface area contributed by atoms with Gasteiger partial charge in [-0.1, -0.05) is 5.92 Å². The first-order chi connectivity index (χ1) is 8.71. The molecule has 0 aliphatic heterocycles. The number of terminal acetylenes is 1. The van der Waals surface area contributed by atoms with Gasteiger partial charge in [0.15, 0.2) is 0 Å². The summed E-state index contributed by atoms with van der Waals surface area (Å²) in [5, 5.41) is 8.72. The van der Waals surface area contributed by atoms with Gasteiger partial charge in [0.05, 0.1) is 24.8 Å². The van der Waals surface area contributed by atoms with Crippen molar-refractivity contribution in [3.8, 4) is 18.4 Å². The van der Waals surface area contributed by atoms with Gasteiger partial charge in [0, 0.05) is 5.69 Å². The van der Waals surface area contributed by atoms with Gasteiger partial charge in [-0.15, -0.1) is 6.42 Å². The number of carbonyl (C=O) groups is 1. The molecule has 0 aromatic heterocycles. The Labute approximate surface area is 107 Å². The Morgan fingerprint density at radius 2 is 2.11 bits per heavy atom. The lowest BCUT2D eigenvalue weighted by Crippen LogP contribution is -2.31. The summed E-state index contributed by atoms with van der Waals surface area (Å²) < 4.78 is 4.88. The van der Waals surface area contributed by atoms with Crippen molar-refractivity contribution in [2.24, 2.45) is 0 Å². The van der Waals surface area contributed by atoms with Crippen LogP contribution < -0.4 is 4.90 Å². The molecule has 18 heavy (non-hydrogen) atoms. The molecule has 0 N–H and O–H groups in total. The summed E-state index contributed by atoms with van der Waals surface area (Å²) in [6.45, 7) is 2.51. The smallest absolute Gasteiger partial charge is 0.325 e. The average Bonchev–Trinajstić information content (AvgIpc) is 2.39. The molecule has 0 bridgehead atoms. The fraction of sp³-hybridized carbons (Fsp3) is 0.286. The quantitative estimate of drug-likeness (QED) is 0.581. The zero-order valence-electron chi connectivity index (χ0n) is 10.2. The summed E-state index contributed by atoms with van der Waals surface area (Å²) in [5.74, 6) is 2.17. The Kier molecular flexibility index (Phi) is 5.28. The van der Waals surface area contributed by atoms with Gasteiger partial charge in [0.2, 0.25) is 0 Å². The highest BCUT2D eigenvalue weighted by molar-refractivity contribution is 5.76. The molecule has 92 valence electrons. The largest absolute Gasteiger partial charge is 0.465 e. The number of anilines is 1. The molecule has 0 unspecified atom stereocenters. The van der Waals surface area contributed by atoms with E-state index in [1.165, 1.54) is 0 Å². The van der Waals surface area contributed by atoms with Crippen molar-refractivity contribution in [3.63, 3.8) is 0 Å². The van der Waals surface area contributed by atoms with Crippen molar-refractivity contribution in [3.05, 3.63) is 29.8 Å². The number of hydrogen-bond acceptors (Lipinski definition) is 4. The third kappa shape index (κ3) is 3.84. The van der Waals surface area contributed by atoms with Crippen LogP contribution in [0.25, 0.3) is 0 Å². The van der Waals surface area contributed by atoms with E-state index in [2.05, 4.69) is 5.92 Å². The van der Waals surface area contributed by atoms with Gasteiger partial charge >= 0.3 is 5.97 Å². The highest BCUT2D eigenvalue weighted by Gasteiger charge is 2.11. The maximum absolute atomic E-state index is 11.4. The number of esters is 1. The summed E-state index contributed by atoms with van der Waals surface area (Å²) in [6, 6.07) is 8.92. The van der Waals surface area contributed by atoms with E-state index in [0.717, 1.165) is 5.69 Å². The average molecular weight is 242 g/mol. The second kappa shape index (κ2) is 6.98. The van der Waals surface area contributed by atoms with E-state index in [1.54, 1.807) is 36.1 Å². The lowest BCUT2D eigenvalue weighted by Gasteiger charge is -2.21. The number of benzene rings is 1. The summed E-state index contributed by atoms with van der Waals surface area (Å²) in [5.41, 5.74) is 1.36. The van der Waals surface area contributed by atoms with Crippen LogP contribution in [0, 0.1) is 23.7 Å². The van der Waals surface area contributed by atoms with E-state index >= 15 is 0 Å². The molecule has 0 radical (unpaired) electrons. The van der Waals surface area contributed by atoms with Gasteiger partial charge < -0.3 is 9.64 Å². The molecule has 0 spiro atoms. The third-order valence-corrected chi connectivity index (χ3v) is 2.27. The molecule has 0 aliphatic carbocycles. The molecule has 1 aromatic rings. The Morgan fingerprint density at radius 1 is 1.44 bits per heavy atom. The Morgan fingerprint density at radius 3 is 2.61 bits per heavy atom. The maximum atomic E-state index is 11.4. The summed E-state index contributed by atoms with van der Waals surface area (Å²) in [7, 11) is 0. The molecule has 0 saturated carbocycles. The SMILES string of the molecule is C#CCN(CC(=O)OCC)c1ccc(C#N)cc1. The van der Waals surface area contributed by atoms with Crippen molar-refractivity contribution < 1.29 is 9.53 Å². The van der Waals surface area contributed by atoms with Crippen molar-refractivity contribution in [1.82, 2.24) is 0 Å². The molecule has 0 amide bonds. The van der Waals surface area contributed by atoms with Crippen LogP contribution in [0.2, 0.25) is 0 Å². The minimum atomic E-state index is -0.322. The van der Waals surface area contributed by atoms with Gasteiger partial charge in [0.1, 0.15) is 6.54 Å². The van der Waals surface area contributed by atoms with Crippen molar-refractivity contribution in [2.45, 2.75) is 6.92 Å². The van der Waals surface area contributed by atoms with Crippen LogP contribution in [0.1, 0.15) is 12.5 Å². The normalized spacial score (nSPS) is 9.06. The Hall–Kier alpha value is -2.46. The fourth-order valence-corrected chi connectivity index (χ4v) is 1.46. The summed E-state index contributed by atoms with van der Waals surface area (Å²) in [6.07, 6.45) is 5.28. The van der Waals surface area contributed by atoms with Crippen LogP contribution in [0.15, 0.2) is 24.3 Å². The highest BCUT2D eigenvalue weighted by atomic mass is 16.5. The van der Waals surface area contributed by atoms with Crippen LogP contribution >= 0.6 is 0 Å². The van der Waals surface area contributed by atoms with Gasteiger partial charge in [-0.3, -0.25) is 4.79 Å². The summed E-state index contributed by atoms with van der Waals surface area (Å²) >= 11 is 0. The fourth-order valence-electron chi connectivity index (χ4n) is 1.46. The Bertz CT molecular complexity index is 480. The first-order valence-corrected chi connectivity index (χ1v) is 5.55. The zero-order chi connectivity index (χ0) is 13.4. The molecule has 1 rings (SSSR count). The van der Waals surface area contributed by atoms with E-state index in [1.807, 2.05) is 6.07 Å². The van der Waals surface area contributed by atoms with Crippen molar-refractivity contribution in [2.75, 3.05) is 24.6 Å². The number of carbonyl (C=O) groups excluding carboxylic acids is 1. The first kappa shape index (κ1) is 13.6. The standard InChI is InChI=1S/C14H14N2O2/c1-3-9-16(11-14(17)18-4-2)13-7-5-12(10-15)6-8-13/h1,5-8H,4,9,11H2,2H3. The van der Waals surface area contributed by atoms with E-state index in [4.69, 9.17) is 16.4 Å². The van der Waals surface area contributed by atoms with Gasteiger partial charge in [-0.2, -0.15) is 5.26 Å². The molecule has 0 saturated heterocycles. The van der Waals surface area contributed by atoms with Gasteiger partial charge in [-0.25, -0.2) is 0 Å². The number of hydrogen-bond donors (Lipinski definition) is 0. The predicted octanol–water partition coefficient (Wildman–Crippen LogP) is 1.56. The van der Waals surface area contributed by atoms with Crippen LogP contribution in [0.3, 0.4) is 0 Å². The molecule has 1 aromatic carbocycles. The second-order valence-corrected chi connectivity index (χ2v) is 3.52. The minimum absolute atomic E-state index is 0.101. The van der Waals surface area contributed by atoms with Crippen molar-refractivity contribution in [1.29, 1.82) is 5.26 Å². The lowest BCUT2D eigenvalue weighted by atomic mass is 10.2. The van der Waals surface area contributed by atoms with E-state index in [9.17, 15) is 4.79 Å². The van der Waals surface area contributed by atoms with Crippen LogP contribution in [0.5, 0.6) is 0 Å². The number of nitrogens with zero attached hydrogens (tertiary/aromatic N) is 2. The minimum Gasteiger partial charge on any atom is -0.465 e. The molecule has 0 fully saturated rings. The van der Waals surface area contributed by atoms with E-state index in [0.29, 0.717) is 18.7 Å². The first-order valence-electron chi connectivity index (χ1n) is 5.55. The zero-order valence-corrected chi connectivity index (χ0v) is 10.2. The molecular formula is C14H14N2O2. The Balaban J connectivity index is 2.81. The molecule has 0 aliphatic rings. The van der Waals surface area contributed by atoms with Gasteiger partial charge in [-0.05, 0) is 31.2 Å². The topological polar surface area (TPSA) is 53.3 Å². The highest BCUT2D eigenvalue weighted by Crippen LogP contribution is 2.14. The van der Waals surface area contributed by atoms with Crippen LogP contribution in [-0.4, -0.2) is 25.7 Å². The summed E-state index contributed by atoms with van der Waals surface area (Å²) in [4.78, 5) is 13.2. The van der Waals surface area contributed by atoms with Crippen molar-refractivity contribution >= 4 is 11.7 Å². The molecule has 0 atom stereocenters.